The van der Waals surface area contributed by atoms with E-state index in [4.69, 9.17) is 0 Å². The van der Waals surface area contributed by atoms with Crippen molar-refractivity contribution in [2.24, 2.45) is 0 Å². The van der Waals surface area contributed by atoms with Gasteiger partial charge in [0, 0.05) is 18.6 Å². The van der Waals surface area contributed by atoms with Gasteiger partial charge in [-0.15, -0.1) is 0 Å². The standard InChI is InChI=1S/C19H24N2/c1-14-8-4-5-10-16(14)13-21(3)18-12-15-9-6-7-11-17(15)19(18)20-2/h4-11,18-20H,12-13H2,1-3H3. The molecular formula is C19H24N2. The summed E-state index contributed by atoms with van der Waals surface area (Å²) in [4.78, 5) is 2.49. The van der Waals surface area contributed by atoms with Crippen LogP contribution in [0.2, 0.25) is 0 Å². The summed E-state index contributed by atoms with van der Waals surface area (Å²) < 4.78 is 0. The fourth-order valence-electron chi connectivity index (χ4n) is 3.51. The Balaban J connectivity index is 1.80. The van der Waals surface area contributed by atoms with Crippen molar-refractivity contribution in [3.8, 4) is 0 Å². The molecule has 2 aromatic carbocycles. The molecule has 0 saturated carbocycles. The third kappa shape index (κ3) is 2.74. The third-order valence-electron chi connectivity index (χ3n) is 4.76. The molecule has 2 unspecified atom stereocenters. The first kappa shape index (κ1) is 14.3. The number of nitrogens with zero attached hydrogens (tertiary/aromatic N) is 1. The van der Waals surface area contributed by atoms with Gasteiger partial charge in [-0.2, -0.15) is 0 Å². The molecule has 0 amide bonds. The maximum absolute atomic E-state index is 3.51. The van der Waals surface area contributed by atoms with Crippen molar-refractivity contribution in [2.75, 3.05) is 14.1 Å². The van der Waals surface area contributed by atoms with E-state index in [0.717, 1.165) is 13.0 Å². The topological polar surface area (TPSA) is 15.3 Å². The first-order chi connectivity index (χ1) is 10.2. The molecular weight excluding hydrogens is 256 g/mol. The van der Waals surface area contributed by atoms with E-state index in [2.05, 4.69) is 79.8 Å². The van der Waals surface area contributed by atoms with Crippen LogP contribution in [-0.2, 0) is 13.0 Å². The van der Waals surface area contributed by atoms with Gasteiger partial charge in [-0.1, -0.05) is 48.5 Å². The molecule has 0 radical (unpaired) electrons. The Hall–Kier alpha value is -1.64. The van der Waals surface area contributed by atoms with Crippen LogP contribution < -0.4 is 5.32 Å². The number of hydrogen-bond donors (Lipinski definition) is 1. The summed E-state index contributed by atoms with van der Waals surface area (Å²) in [5.74, 6) is 0. The van der Waals surface area contributed by atoms with Gasteiger partial charge in [0.2, 0.25) is 0 Å². The van der Waals surface area contributed by atoms with Crippen LogP contribution in [0.15, 0.2) is 48.5 Å². The first-order valence-electron chi connectivity index (χ1n) is 7.70. The fraction of sp³-hybridized carbons (Fsp3) is 0.368. The maximum atomic E-state index is 3.51. The van der Waals surface area contributed by atoms with Crippen molar-refractivity contribution in [2.45, 2.75) is 32.0 Å². The van der Waals surface area contributed by atoms with E-state index in [9.17, 15) is 0 Å². The van der Waals surface area contributed by atoms with E-state index in [1.165, 1.54) is 22.3 Å². The van der Waals surface area contributed by atoms with E-state index >= 15 is 0 Å². The lowest BCUT2D eigenvalue weighted by Crippen LogP contribution is -2.39. The number of rotatable bonds is 4. The van der Waals surface area contributed by atoms with Crippen LogP contribution in [0.3, 0.4) is 0 Å². The lowest BCUT2D eigenvalue weighted by atomic mass is 10.0. The lowest BCUT2D eigenvalue weighted by molar-refractivity contribution is 0.200. The highest BCUT2D eigenvalue weighted by Gasteiger charge is 2.33. The van der Waals surface area contributed by atoms with E-state index in [-0.39, 0.29) is 0 Å². The van der Waals surface area contributed by atoms with Crippen LogP contribution >= 0.6 is 0 Å². The summed E-state index contributed by atoms with van der Waals surface area (Å²) in [7, 11) is 4.31. The minimum Gasteiger partial charge on any atom is -0.312 e. The Kier molecular flexibility index (Phi) is 4.09. The normalized spacial score (nSPS) is 20.8. The molecule has 1 aliphatic rings. The molecule has 0 bridgehead atoms. The summed E-state index contributed by atoms with van der Waals surface area (Å²) in [5.41, 5.74) is 5.74. The summed E-state index contributed by atoms with van der Waals surface area (Å²) in [6.45, 7) is 3.20. The van der Waals surface area contributed by atoms with Crippen LogP contribution in [-0.4, -0.2) is 25.0 Å². The molecule has 2 heteroatoms. The van der Waals surface area contributed by atoms with Crippen molar-refractivity contribution in [1.29, 1.82) is 0 Å². The van der Waals surface area contributed by atoms with Gasteiger partial charge in [-0.25, -0.2) is 0 Å². The fourth-order valence-corrected chi connectivity index (χ4v) is 3.51. The number of benzene rings is 2. The van der Waals surface area contributed by atoms with Crippen molar-refractivity contribution >= 4 is 0 Å². The molecule has 2 aromatic rings. The highest BCUT2D eigenvalue weighted by atomic mass is 15.2. The smallest absolute Gasteiger partial charge is 0.0481 e. The lowest BCUT2D eigenvalue weighted by Gasteiger charge is -2.30. The molecule has 0 fully saturated rings. The number of fused-ring (bicyclic) bond motifs is 1. The largest absolute Gasteiger partial charge is 0.312 e. The predicted molar refractivity (Wildman–Crippen MR) is 88.4 cm³/mol. The minimum atomic E-state index is 0.426. The van der Waals surface area contributed by atoms with Gasteiger partial charge in [0.15, 0.2) is 0 Å². The van der Waals surface area contributed by atoms with E-state index in [0.29, 0.717) is 12.1 Å². The van der Waals surface area contributed by atoms with E-state index in [1.807, 2.05) is 0 Å². The third-order valence-corrected chi connectivity index (χ3v) is 4.76. The van der Waals surface area contributed by atoms with Crippen LogP contribution in [0, 0.1) is 6.92 Å². The highest BCUT2D eigenvalue weighted by Crippen LogP contribution is 2.34. The second-order valence-corrected chi connectivity index (χ2v) is 6.08. The Morgan fingerprint density at radius 2 is 1.81 bits per heavy atom. The van der Waals surface area contributed by atoms with Gasteiger partial charge in [0.1, 0.15) is 0 Å². The average Bonchev–Trinajstić information content (AvgIpc) is 2.88. The van der Waals surface area contributed by atoms with Crippen molar-refractivity contribution in [1.82, 2.24) is 10.2 Å². The molecule has 0 saturated heterocycles. The molecule has 3 rings (SSSR count). The Morgan fingerprint density at radius 1 is 1.10 bits per heavy atom. The monoisotopic (exact) mass is 280 g/mol. The zero-order chi connectivity index (χ0) is 14.8. The Morgan fingerprint density at radius 3 is 2.57 bits per heavy atom. The number of likely N-dealkylation sites (N-methyl/N-ethyl adjacent to an activating group) is 2. The molecule has 0 heterocycles. The molecule has 1 aliphatic carbocycles. The Bertz CT molecular complexity index is 620. The van der Waals surface area contributed by atoms with Crippen LogP contribution in [0.4, 0.5) is 0 Å². The number of hydrogen-bond acceptors (Lipinski definition) is 2. The molecule has 1 N–H and O–H groups in total. The van der Waals surface area contributed by atoms with Gasteiger partial charge >= 0.3 is 0 Å². The van der Waals surface area contributed by atoms with Crippen molar-refractivity contribution in [3.63, 3.8) is 0 Å². The average molecular weight is 280 g/mol. The van der Waals surface area contributed by atoms with Gasteiger partial charge in [-0.05, 0) is 49.7 Å². The van der Waals surface area contributed by atoms with Gasteiger partial charge in [0.05, 0.1) is 0 Å². The molecule has 0 aliphatic heterocycles. The molecule has 110 valence electrons. The predicted octanol–water partition coefficient (Wildman–Crippen LogP) is 3.31. The Labute approximate surface area is 127 Å². The maximum Gasteiger partial charge on any atom is 0.0481 e. The number of nitrogens with one attached hydrogen (secondary N) is 1. The minimum absolute atomic E-state index is 0.426. The van der Waals surface area contributed by atoms with Crippen LogP contribution in [0.1, 0.15) is 28.3 Å². The molecule has 0 aromatic heterocycles. The summed E-state index contributed by atoms with van der Waals surface area (Å²) in [5, 5.41) is 3.51. The summed E-state index contributed by atoms with van der Waals surface area (Å²) in [6.07, 6.45) is 1.13. The second-order valence-electron chi connectivity index (χ2n) is 6.08. The molecule has 2 nitrogen and oxygen atoms in total. The zero-order valence-corrected chi connectivity index (χ0v) is 13.1. The highest BCUT2D eigenvalue weighted by molar-refractivity contribution is 5.37. The van der Waals surface area contributed by atoms with Crippen LogP contribution in [0.5, 0.6) is 0 Å². The second kappa shape index (κ2) is 6.00. The number of aryl methyl sites for hydroxylation is 1. The summed E-state index contributed by atoms with van der Waals surface area (Å²) >= 11 is 0. The van der Waals surface area contributed by atoms with Gasteiger partial charge in [0.25, 0.3) is 0 Å². The zero-order valence-electron chi connectivity index (χ0n) is 13.1. The SMILES string of the molecule is CNC1c2ccccc2CC1N(C)Cc1ccccc1C. The first-order valence-corrected chi connectivity index (χ1v) is 7.70. The van der Waals surface area contributed by atoms with Crippen molar-refractivity contribution < 1.29 is 0 Å². The van der Waals surface area contributed by atoms with E-state index < -0.39 is 0 Å². The quantitative estimate of drug-likeness (QED) is 0.924. The molecule has 0 spiro atoms. The van der Waals surface area contributed by atoms with Gasteiger partial charge in [-0.3, -0.25) is 4.90 Å². The van der Waals surface area contributed by atoms with E-state index in [1.54, 1.807) is 0 Å². The van der Waals surface area contributed by atoms with Crippen LogP contribution in [0.25, 0.3) is 0 Å². The molecule has 21 heavy (non-hydrogen) atoms. The van der Waals surface area contributed by atoms with Crippen molar-refractivity contribution in [3.05, 3.63) is 70.8 Å². The summed E-state index contributed by atoms with van der Waals surface area (Å²) in [6, 6.07) is 18.4. The van der Waals surface area contributed by atoms with Gasteiger partial charge < -0.3 is 5.32 Å². The molecule has 2 atom stereocenters.